The smallest absolute Gasteiger partial charge is 0.301 e. The molecular weight excluding hydrogens is 328 g/mol. The number of hydrogen-bond donors (Lipinski definition) is 2. The number of nitrogens with two attached hydrogens (primary N) is 1. The van der Waals surface area contributed by atoms with Gasteiger partial charge < -0.3 is 13.9 Å². The highest BCUT2D eigenvalue weighted by Gasteiger charge is 2.16. The zero-order valence-corrected chi connectivity index (χ0v) is 12.3. The van der Waals surface area contributed by atoms with E-state index in [1.54, 1.807) is 19.2 Å². The van der Waals surface area contributed by atoms with E-state index in [4.69, 9.17) is 19.7 Å². The van der Waals surface area contributed by atoms with Crippen LogP contribution in [0.1, 0.15) is 16.1 Å². The lowest BCUT2D eigenvalue weighted by molar-refractivity contribution is 0.0922. The highest BCUT2D eigenvalue weighted by atomic mass is 79.9. The summed E-state index contributed by atoms with van der Waals surface area (Å²) in [6, 6.07) is 7.10. The van der Waals surface area contributed by atoms with Crippen LogP contribution in [0.5, 0.6) is 11.5 Å². The molecule has 0 saturated heterocycles. The Morgan fingerprint density at radius 3 is 2.95 bits per heavy atom. The molecule has 0 aliphatic rings. The number of furan rings is 1. The van der Waals surface area contributed by atoms with E-state index in [0.717, 1.165) is 4.47 Å². The third-order valence-corrected chi connectivity index (χ3v) is 3.23. The zero-order chi connectivity index (χ0) is 14.5. The van der Waals surface area contributed by atoms with Gasteiger partial charge in [0.1, 0.15) is 6.61 Å². The predicted molar refractivity (Wildman–Crippen MR) is 75.4 cm³/mol. The molecule has 0 fully saturated rings. The molecule has 0 spiro atoms. The number of carbonyl (C=O) groups is 1. The van der Waals surface area contributed by atoms with Gasteiger partial charge in [-0.25, -0.2) is 5.84 Å². The zero-order valence-electron chi connectivity index (χ0n) is 10.7. The number of hydrogen-bond acceptors (Lipinski definition) is 5. The minimum absolute atomic E-state index is 0.124. The van der Waals surface area contributed by atoms with Crippen molar-refractivity contribution in [3.8, 4) is 11.5 Å². The van der Waals surface area contributed by atoms with E-state index < -0.39 is 5.91 Å². The van der Waals surface area contributed by atoms with Crippen molar-refractivity contribution in [2.75, 3.05) is 7.11 Å². The summed E-state index contributed by atoms with van der Waals surface area (Å²) in [5.41, 5.74) is 2.61. The second-order valence-corrected chi connectivity index (χ2v) is 4.66. The average molecular weight is 341 g/mol. The van der Waals surface area contributed by atoms with Crippen molar-refractivity contribution in [1.29, 1.82) is 0 Å². The topological polar surface area (TPSA) is 86.7 Å². The Balaban J connectivity index is 2.18. The first-order valence-electron chi connectivity index (χ1n) is 5.70. The van der Waals surface area contributed by atoms with Gasteiger partial charge in [0.15, 0.2) is 17.3 Å². The van der Waals surface area contributed by atoms with Crippen molar-refractivity contribution in [2.24, 2.45) is 5.84 Å². The second-order valence-electron chi connectivity index (χ2n) is 3.81. The van der Waals surface area contributed by atoms with Crippen LogP contribution in [-0.2, 0) is 6.61 Å². The molecule has 0 unspecified atom stereocenters. The van der Waals surface area contributed by atoms with E-state index in [0.29, 0.717) is 17.1 Å². The van der Waals surface area contributed by atoms with Gasteiger partial charge in [0.05, 0.1) is 17.8 Å². The minimum atomic E-state index is -0.507. The highest BCUT2D eigenvalue weighted by molar-refractivity contribution is 9.10. The number of carbonyl (C=O) groups excluding carboxylic acids is 1. The molecule has 106 valence electrons. The molecule has 0 saturated carbocycles. The molecule has 7 heteroatoms. The van der Waals surface area contributed by atoms with Crippen LogP contribution < -0.4 is 20.7 Å². The lowest BCUT2D eigenvalue weighted by atomic mass is 10.2. The number of nitrogen functional groups attached to an aromatic ring is 1. The average Bonchev–Trinajstić information content (AvgIpc) is 2.93. The van der Waals surface area contributed by atoms with Crippen LogP contribution in [-0.4, -0.2) is 13.0 Å². The van der Waals surface area contributed by atoms with Crippen molar-refractivity contribution >= 4 is 21.8 Å². The third kappa shape index (κ3) is 2.94. The molecule has 6 nitrogen and oxygen atoms in total. The maximum absolute atomic E-state index is 11.5. The van der Waals surface area contributed by atoms with Gasteiger partial charge in [0, 0.05) is 5.56 Å². The Bertz CT molecular complexity index is 612. The van der Waals surface area contributed by atoms with Crippen LogP contribution in [0.4, 0.5) is 0 Å². The van der Waals surface area contributed by atoms with Crippen LogP contribution in [0.25, 0.3) is 0 Å². The maximum atomic E-state index is 11.5. The number of halogens is 1. The molecule has 0 aliphatic carbocycles. The quantitative estimate of drug-likeness (QED) is 0.495. The third-order valence-electron chi connectivity index (χ3n) is 2.61. The fourth-order valence-electron chi connectivity index (χ4n) is 1.65. The largest absolute Gasteiger partial charge is 0.493 e. The van der Waals surface area contributed by atoms with E-state index in [-0.39, 0.29) is 12.4 Å². The van der Waals surface area contributed by atoms with E-state index in [1.165, 1.54) is 6.26 Å². The normalized spacial score (nSPS) is 10.2. The van der Waals surface area contributed by atoms with E-state index in [1.807, 2.05) is 17.6 Å². The molecule has 2 aromatic rings. The number of nitrogens with one attached hydrogen (secondary N) is 1. The molecule has 1 amide bonds. The maximum Gasteiger partial charge on any atom is 0.301 e. The molecular formula is C13H13BrN2O4. The van der Waals surface area contributed by atoms with Crippen molar-refractivity contribution < 1.29 is 18.7 Å². The molecule has 1 heterocycles. The summed E-state index contributed by atoms with van der Waals surface area (Å²) in [7, 11) is 1.56. The SMILES string of the molecule is COc1cccc(Br)c1OCc1ccoc1C(=O)NN. The molecule has 20 heavy (non-hydrogen) atoms. The minimum Gasteiger partial charge on any atom is -0.493 e. The monoisotopic (exact) mass is 340 g/mol. The first-order valence-corrected chi connectivity index (χ1v) is 6.49. The Hall–Kier alpha value is -1.99. The number of hydrazine groups is 1. The summed E-state index contributed by atoms with van der Waals surface area (Å²) in [5.74, 6) is 5.84. The van der Waals surface area contributed by atoms with Crippen LogP contribution in [0, 0.1) is 0 Å². The van der Waals surface area contributed by atoms with Crippen molar-refractivity contribution in [2.45, 2.75) is 6.61 Å². The fraction of sp³-hybridized carbons (Fsp3) is 0.154. The highest BCUT2D eigenvalue weighted by Crippen LogP contribution is 2.35. The number of benzene rings is 1. The van der Waals surface area contributed by atoms with Crippen molar-refractivity contribution in [3.63, 3.8) is 0 Å². The molecule has 0 aliphatic heterocycles. The number of para-hydroxylation sites is 1. The lowest BCUT2D eigenvalue weighted by Crippen LogP contribution is -2.30. The van der Waals surface area contributed by atoms with E-state index in [2.05, 4.69) is 15.9 Å². The van der Waals surface area contributed by atoms with E-state index >= 15 is 0 Å². The van der Waals surface area contributed by atoms with Gasteiger partial charge in [-0.3, -0.25) is 10.2 Å². The Morgan fingerprint density at radius 1 is 1.45 bits per heavy atom. The van der Waals surface area contributed by atoms with Crippen LogP contribution in [0.3, 0.4) is 0 Å². The number of amides is 1. The summed E-state index contributed by atoms with van der Waals surface area (Å²) in [6.45, 7) is 0.151. The van der Waals surface area contributed by atoms with Gasteiger partial charge in [-0.05, 0) is 34.1 Å². The number of methoxy groups -OCH3 is 1. The Kier molecular flexibility index (Phi) is 4.65. The summed E-state index contributed by atoms with van der Waals surface area (Å²) >= 11 is 3.39. The van der Waals surface area contributed by atoms with Crippen LogP contribution in [0.2, 0.25) is 0 Å². The van der Waals surface area contributed by atoms with Gasteiger partial charge in [0.2, 0.25) is 0 Å². The van der Waals surface area contributed by atoms with Crippen LogP contribution >= 0.6 is 15.9 Å². The molecule has 1 aromatic carbocycles. The first kappa shape index (κ1) is 14.4. The lowest BCUT2D eigenvalue weighted by Gasteiger charge is -2.12. The molecule has 2 rings (SSSR count). The first-order chi connectivity index (χ1) is 9.67. The summed E-state index contributed by atoms with van der Waals surface area (Å²) in [6.07, 6.45) is 1.40. The van der Waals surface area contributed by atoms with Gasteiger partial charge in [0.25, 0.3) is 0 Å². The standard InChI is InChI=1S/C13H13BrN2O4/c1-18-10-4-2-3-9(14)12(10)20-7-8-5-6-19-11(8)13(17)16-15/h2-6H,7,15H2,1H3,(H,16,17). The van der Waals surface area contributed by atoms with Crippen molar-refractivity contribution in [3.05, 3.63) is 46.3 Å². The second kappa shape index (κ2) is 6.44. The molecule has 0 radical (unpaired) electrons. The summed E-state index contributed by atoms with van der Waals surface area (Å²) in [5, 5.41) is 0. The van der Waals surface area contributed by atoms with Gasteiger partial charge in [-0.1, -0.05) is 6.07 Å². The van der Waals surface area contributed by atoms with Gasteiger partial charge in [-0.2, -0.15) is 0 Å². The van der Waals surface area contributed by atoms with Gasteiger partial charge >= 0.3 is 5.91 Å². The molecule has 0 bridgehead atoms. The molecule has 0 atom stereocenters. The summed E-state index contributed by atoms with van der Waals surface area (Å²) in [4.78, 5) is 11.5. The predicted octanol–water partition coefficient (Wildman–Crippen LogP) is 2.23. The Morgan fingerprint density at radius 2 is 2.25 bits per heavy atom. The molecule has 3 N–H and O–H groups in total. The summed E-state index contributed by atoms with van der Waals surface area (Å²) < 4.78 is 16.7. The van der Waals surface area contributed by atoms with Crippen molar-refractivity contribution in [1.82, 2.24) is 5.43 Å². The van der Waals surface area contributed by atoms with Gasteiger partial charge in [-0.15, -0.1) is 0 Å². The van der Waals surface area contributed by atoms with E-state index in [9.17, 15) is 4.79 Å². The number of rotatable bonds is 5. The fourth-order valence-corrected chi connectivity index (χ4v) is 2.12. The Labute approximate surface area is 123 Å². The molecule has 1 aromatic heterocycles. The number of ether oxygens (including phenoxy) is 2. The van der Waals surface area contributed by atoms with Crippen LogP contribution in [0.15, 0.2) is 39.4 Å².